The number of nitrogens with one attached hydrogen (secondary N) is 2. The predicted molar refractivity (Wildman–Crippen MR) is 83.9 cm³/mol. The molecule has 0 bridgehead atoms. The summed E-state index contributed by atoms with van der Waals surface area (Å²) in [5, 5.41) is 6.40. The van der Waals surface area contributed by atoms with E-state index in [1.54, 1.807) is 0 Å². The molecule has 1 aromatic carbocycles. The Labute approximate surface area is 127 Å². The number of carbonyl (C=O) groups excluding carboxylic acids is 1. The zero-order valence-electron chi connectivity index (χ0n) is 12.9. The topological polar surface area (TPSA) is 50.4 Å². The number of ether oxygens (including phenoxy) is 1. The molecule has 0 spiro atoms. The Bertz CT molecular complexity index is 428. The van der Waals surface area contributed by atoms with Crippen LogP contribution in [0.25, 0.3) is 0 Å². The Morgan fingerprint density at radius 3 is 2.71 bits per heavy atom. The fraction of sp³-hybridized carbons (Fsp3) is 0.588. The molecule has 0 radical (unpaired) electrons. The van der Waals surface area contributed by atoms with Crippen LogP contribution in [-0.2, 0) is 16.1 Å². The Balaban J connectivity index is 1.57. The molecular weight excluding hydrogens is 264 g/mol. The Morgan fingerprint density at radius 2 is 2.00 bits per heavy atom. The molecule has 2 rings (SSSR count). The van der Waals surface area contributed by atoms with Crippen LogP contribution in [0.15, 0.2) is 30.3 Å². The summed E-state index contributed by atoms with van der Waals surface area (Å²) in [6.45, 7) is 6.15. The summed E-state index contributed by atoms with van der Waals surface area (Å²) >= 11 is 0. The fourth-order valence-electron chi connectivity index (χ4n) is 2.54. The Hall–Kier alpha value is -1.39. The van der Waals surface area contributed by atoms with Crippen molar-refractivity contribution in [2.24, 2.45) is 5.41 Å². The van der Waals surface area contributed by atoms with Crippen molar-refractivity contribution in [1.82, 2.24) is 10.6 Å². The van der Waals surface area contributed by atoms with Gasteiger partial charge in [-0.3, -0.25) is 4.79 Å². The first kappa shape index (κ1) is 16.0. The highest BCUT2D eigenvalue weighted by Crippen LogP contribution is 2.26. The van der Waals surface area contributed by atoms with Crippen molar-refractivity contribution < 1.29 is 9.53 Å². The molecule has 0 aliphatic carbocycles. The summed E-state index contributed by atoms with van der Waals surface area (Å²) in [7, 11) is 0. The molecule has 1 aliphatic rings. The molecule has 0 saturated carbocycles. The predicted octanol–water partition coefficient (Wildman–Crippen LogP) is 2.10. The third kappa shape index (κ3) is 5.86. The van der Waals surface area contributed by atoms with Crippen LogP contribution < -0.4 is 10.6 Å². The van der Waals surface area contributed by atoms with E-state index < -0.39 is 0 Å². The summed E-state index contributed by atoms with van der Waals surface area (Å²) in [5.74, 6) is 0.0859. The van der Waals surface area contributed by atoms with E-state index in [0.717, 1.165) is 38.0 Å². The molecule has 1 aliphatic heterocycles. The van der Waals surface area contributed by atoms with E-state index in [9.17, 15) is 4.79 Å². The van der Waals surface area contributed by atoms with Gasteiger partial charge in [-0.1, -0.05) is 37.3 Å². The maximum atomic E-state index is 11.8. The molecule has 21 heavy (non-hydrogen) atoms. The van der Waals surface area contributed by atoms with Crippen LogP contribution in [0, 0.1) is 5.41 Å². The summed E-state index contributed by atoms with van der Waals surface area (Å²) in [5.41, 5.74) is 1.38. The normalized spacial score (nSPS) is 17.4. The quantitative estimate of drug-likeness (QED) is 0.756. The van der Waals surface area contributed by atoms with Gasteiger partial charge in [0.25, 0.3) is 0 Å². The highest BCUT2D eigenvalue weighted by molar-refractivity contribution is 5.75. The summed E-state index contributed by atoms with van der Waals surface area (Å²) in [6, 6.07) is 10.0. The van der Waals surface area contributed by atoms with Crippen LogP contribution in [0.4, 0.5) is 0 Å². The van der Waals surface area contributed by atoms with Crippen molar-refractivity contribution in [3.8, 4) is 0 Å². The van der Waals surface area contributed by atoms with E-state index in [2.05, 4.69) is 17.6 Å². The molecule has 0 unspecified atom stereocenters. The number of rotatable bonds is 7. The number of benzene rings is 1. The lowest BCUT2D eigenvalue weighted by molar-refractivity contribution is -0.122. The first-order chi connectivity index (χ1) is 10.2. The number of hydrogen-bond donors (Lipinski definition) is 2. The van der Waals surface area contributed by atoms with Crippen LogP contribution in [0.5, 0.6) is 0 Å². The summed E-state index contributed by atoms with van der Waals surface area (Å²) in [4.78, 5) is 11.8. The second kappa shape index (κ2) is 8.15. The molecule has 1 amide bonds. The molecule has 0 atom stereocenters. The molecular formula is C17H26N2O2. The van der Waals surface area contributed by atoms with Crippen LogP contribution in [-0.4, -0.2) is 32.1 Å². The zero-order chi connectivity index (χ0) is 15.0. The van der Waals surface area contributed by atoms with Gasteiger partial charge in [-0.15, -0.1) is 0 Å². The highest BCUT2D eigenvalue weighted by atomic mass is 16.5. The van der Waals surface area contributed by atoms with Crippen LogP contribution in [0.3, 0.4) is 0 Å². The number of hydrogen-bond acceptors (Lipinski definition) is 3. The van der Waals surface area contributed by atoms with Crippen LogP contribution >= 0.6 is 0 Å². The van der Waals surface area contributed by atoms with Crippen molar-refractivity contribution in [1.29, 1.82) is 0 Å². The second-order valence-corrected chi connectivity index (χ2v) is 6.13. The summed E-state index contributed by atoms with van der Waals surface area (Å²) in [6.07, 6.45) is 2.68. The van der Waals surface area contributed by atoms with E-state index >= 15 is 0 Å². The molecule has 1 heterocycles. The molecule has 1 aromatic rings. The van der Waals surface area contributed by atoms with Crippen LogP contribution in [0.2, 0.25) is 0 Å². The van der Waals surface area contributed by atoms with E-state index in [4.69, 9.17) is 4.74 Å². The van der Waals surface area contributed by atoms with Crippen molar-refractivity contribution in [3.05, 3.63) is 35.9 Å². The van der Waals surface area contributed by atoms with Crippen molar-refractivity contribution >= 4 is 5.91 Å². The highest BCUT2D eigenvalue weighted by Gasteiger charge is 2.26. The Morgan fingerprint density at radius 1 is 1.29 bits per heavy atom. The van der Waals surface area contributed by atoms with Gasteiger partial charge in [-0.2, -0.15) is 0 Å². The zero-order valence-corrected chi connectivity index (χ0v) is 12.9. The average molecular weight is 290 g/mol. The first-order valence-corrected chi connectivity index (χ1v) is 7.77. The molecule has 4 nitrogen and oxygen atoms in total. The minimum Gasteiger partial charge on any atom is -0.376 e. The molecule has 0 aromatic heterocycles. The van der Waals surface area contributed by atoms with Gasteiger partial charge < -0.3 is 15.4 Å². The van der Waals surface area contributed by atoms with Crippen LogP contribution in [0.1, 0.15) is 31.7 Å². The number of amides is 1. The van der Waals surface area contributed by atoms with Gasteiger partial charge in [-0.05, 0) is 36.9 Å². The standard InChI is InChI=1S/C17H26N2O2/c1-17(8-10-18-11-9-17)14-19-16(20)7-12-21-13-15-5-3-2-4-6-15/h2-6,18H,7-14H2,1H3,(H,19,20). The minimum absolute atomic E-state index is 0.0859. The van der Waals surface area contributed by atoms with Gasteiger partial charge in [0.15, 0.2) is 0 Å². The maximum absolute atomic E-state index is 11.8. The van der Waals surface area contributed by atoms with Gasteiger partial charge in [0.1, 0.15) is 0 Å². The number of piperidine rings is 1. The van der Waals surface area contributed by atoms with Crippen molar-refractivity contribution in [2.45, 2.75) is 32.8 Å². The van der Waals surface area contributed by atoms with Gasteiger partial charge >= 0.3 is 0 Å². The molecule has 116 valence electrons. The molecule has 4 heteroatoms. The van der Waals surface area contributed by atoms with E-state index in [-0.39, 0.29) is 11.3 Å². The van der Waals surface area contributed by atoms with Gasteiger partial charge in [-0.25, -0.2) is 0 Å². The Kier molecular flexibility index (Phi) is 6.21. The lowest BCUT2D eigenvalue weighted by atomic mass is 9.81. The SMILES string of the molecule is CC1(CNC(=O)CCOCc2ccccc2)CCNCC1. The van der Waals surface area contributed by atoms with E-state index in [1.165, 1.54) is 0 Å². The monoisotopic (exact) mass is 290 g/mol. The maximum Gasteiger partial charge on any atom is 0.222 e. The smallest absolute Gasteiger partial charge is 0.222 e. The third-order valence-electron chi connectivity index (χ3n) is 4.11. The largest absolute Gasteiger partial charge is 0.376 e. The molecule has 1 fully saturated rings. The lowest BCUT2D eigenvalue weighted by Crippen LogP contribution is -2.43. The van der Waals surface area contributed by atoms with Gasteiger partial charge in [0, 0.05) is 13.0 Å². The van der Waals surface area contributed by atoms with Crippen molar-refractivity contribution in [2.75, 3.05) is 26.2 Å². The second-order valence-electron chi connectivity index (χ2n) is 6.13. The van der Waals surface area contributed by atoms with Gasteiger partial charge in [0.2, 0.25) is 5.91 Å². The molecule has 1 saturated heterocycles. The average Bonchev–Trinajstić information content (AvgIpc) is 2.51. The van der Waals surface area contributed by atoms with E-state index in [0.29, 0.717) is 19.6 Å². The van der Waals surface area contributed by atoms with Gasteiger partial charge in [0.05, 0.1) is 13.2 Å². The lowest BCUT2D eigenvalue weighted by Gasteiger charge is -2.34. The third-order valence-corrected chi connectivity index (χ3v) is 4.11. The first-order valence-electron chi connectivity index (χ1n) is 7.77. The molecule has 2 N–H and O–H groups in total. The summed E-state index contributed by atoms with van der Waals surface area (Å²) < 4.78 is 5.54. The minimum atomic E-state index is 0.0859. The van der Waals surface area contributed by atoms with Crippen molar-refractivity contribution in [3.63, 3.8) is 0 Å². The van der Waals surface area contributed by atoms with E-state index in [1.807, 2.05) is 30.3 Å². The fourth-order valence-corrected chi connectivity index (χ4v) is 2.54. The number of carbonyl (C=O) groups is 1.